The fraction of sp³-hybridized carbons (Fsp3) is 0.458. The lowest BCUT2D eigenvalue weighted by atomic mass is 9.73. The van der Waals surface area contributed by atoms with E-state index in [-0.39, 0.29) is 11.3 Å². The minimum absolute atomic E-state index is 0.0549. The molecule has 1 unspecified atom stereocenters. The van der Waals surface area contributed by atoms with E-state index < -0.39 is 0 Å². The molecule has 3 rings (SSSR count). The highest BCUT2D eigenvalue weighted by molar-refractivity contribution is 6.10. The molecule has 2 aromatic rings. The number of nitrogens with zero attached hydrogens (tertiary/aromatic N) is 1. The molecule has 0 bridgehead atoms. The topological polar surface area (TPSA) is 20.3 Å². The summed E-state index contributed by atoms with van der Waals surface area (Å²) in [5, 5.41) is 0. The van der Waals surface area contributed by atoms with Crippen LogP contribution in [0, 0.1) is 0 Å². The minimum atomic E-state index is -0.0549. The van der Waals surface area contributed by atoms with E-state index in [0.717, 1.165) is 49.9 Å². The molecule has 26 heavy (non-hydrogen) atoms. The Morgan fingerprint density at radius 2 is 1.69 bits per heavy atom. The van der Waals surface area contributed by atoms with E-state index in [1.54, 1.807) is 0 Å². The first-order chi connectivity index (χ1) is 12.6. The predicted molar refractivity (Wildman–Crippen MR) is 109 cm³/mol. The van der Waals surface area contributed by atoms with Crippen LogP contribution >= 0.6 is 0 Å². The van der Waals surface area contributed by atoms with Gasteiger partial charge in [0.25, 0.3) is 0 Å². The lowest BCUT2D eigenvalue weighted by Crippen LogP contribution is -2.47. The first-order valence-electron chi connectivity index (χ1n) is 10.1. The molecular formula is C24H31NO. The summed E-state index contributed by atoms with van der Waals surface area (Å²) >= 11 is 0. The molecule has 1 atom stereocenters. The summed E-state index contributed by atoms with van der Waals surface area (Å²) < 4.78 is 0. The van der Waals surface area contributed by atoms with E-state index >= 15 is 0 Å². The zero-order valence-electron chi connectivity index (χ0n) is 16.4. The van der Waals surface area contributed by atoms with Crippen LogP contribution in [0.5, 0.6) is 0 Å². The van der Waals surface area contributed by atoms with Crippen LogP contribution in [0.2, 0.25) is 0 Å². The van der Waals surface area contributed by atoms with Gasteiger partial charge in [-0.15, -0.1) is 0 Å². The Hall–Kier alpha value is -1.93. The van der Waals surface area contributed by atoms with Gasteiger partial charge in [0.05, 0.1) is 0 Å². The molecule has 0 radical (unpaired) electrons. The molecular weight excluding hydrogens is 318 g/mol. The zero-order chi connectivity index (χ0) is 18.6. The average molecular weight is 350 g/mol. The van der Waals surface area contributed by atoms with Gasteiger partial charge in [0, 0.05) is 16.7 Å². The summed E-state index contributed by atoms with van der Waals surface area (Å²) in [7, 11) is 0. The molecule has 0 amide bonds. The zero-order valence-corrected chi connectivity index (χ0v) is 16.4. The average Bonchev–Trinajstić information content (AvgIpc) is 2.68. The van der Waals surface area contributed by atoms with Crippen molar-refractivity contribution in [3.8, 4) is 0 Å². The van der Waals surface area contributed by atoms with Crippen molar-refractivity contribution in [2.24, 2.45) is 0 Å². The number of ketones is 1. The first-order valence-corrected chi connectivity index (χ1v) is 10.1. The van der Waals surface area contributed by atoms with Crippen molar-refractivity contribution in [1.82, 2.24) is 4.90 Å². The van der Waals surface area contributed by atoms with E-state index in [9.17, 15) is 4.79 Å². The van der Waals surface area contributed by atoms with Crippen LogP contribution < -0.4 is 0 Å². The van der Waals surface area contributed by atoms with Crippen LogP contribution in [0.1, 0.15) is 73.5 Å². The molecule has 0 heterocycles. The Kier molecular flexibility index (Phi) is 5.93. The van der Waals surface area contributed by atoms with Crippen LogP contribution in [0.4, 0.5) is 0 Å². The van der Waals surface area contributed by atoms with Crippen molar-refractivity contribution in [1.29, 1.82) is 0 Å². The maximum Gasteiger partial charge on any atom is 0.193 e. The SMILES string of the molecule is CCCN(CCC)C1(C)CCCc2cccc(C(=O)c3ccccc3)c21. The number of hydrogen-bond donors (Lipinski definition) is 0. The van der Waals surface area contributed by atoms with Gasteiger partial charge < -0.3 is 0 Å². The van der Waals surface area contributed by atoms with Crippen molar-refractivity contribution in [3.63, 3.8) is 0 Å². The van der Waals surface area contributed by atoms with Gasteiger partial charge in [-0.2, -0.15) is 0 Å². The van der Waals surface area contributed by atoms with Crippen molar-refractivity contribution in [3.05, 3.63) is 70.8 Å². The van der Waals surface area contributed by atoms with Gasteiger partial charge in [-0.05, 0) is 63.2 Å². The molecule has 2 nitrogen and oxygen atoms in total. The second-order valence-corrected chi connectivity index (χ2v) is 7.65. The normalized spacial score (nSPS) is 19.4. The number of carbonyl (C=O) groups excluding carboxylic acids is 1. The van der Waals surface area contributed by atoms with Gasteiger partial charge in [-0.25, -0.2) is 0 Å². The molecule has 0 N–H and O–H groups in total. The van der Waals surface area contributed by atoms with Gasteiger partial charge >= 0.3 is 0 Å². The van der Waals surface area contributed by atoms with Crippen LogP contribution in [-0.4, -0.2) is 23.8 Å². The Labute approximate surface area is 158 Å². The second-order valence-electron chi connectivity index (χ2n) is 7.65. The summed E-state index contributed by atoms with van der Waals surface area (Å²) in [5.41, 5.74) is 4.26. The summed E-state index contributed by atoms with van der Waals surface area (Å²) in [4.78, 5) is 15.9. The van der Waals surface area contributed by atoms with Crippen LogP contribution in [0.3, 0.4) is 0 Å². The quantitative estimate of drug-likeness (QED) is 0.607. The largest absolute Gasteiger partial charge is 0.294 e. The predicted octanol–water partition coefficient (Wildman–Crippen LogP) is 5.59. The molecule has 0 aromatic heterocycles. The van der Waals surface area contributed by atoms with E-state index in [1.807, 2.05) is 36.4 Å². The van der Waals surface area contributed by atoms with Crippen molar-refractivity contribution < 1.29 is 4.79 Å². The first kappa shape index (κ1) is 18.8. The standard InChI is InChI=1S/C24H31NO/c1-4-17-25(18-5-2)24(3)16-10-14-19-13-9-15-21(22(19)24)23(26)20-11-7-6-8-12-20/h6-9,11-13,15H,4-5,10,14,16-18H2,1-3H3. The molecule has 0 fully saturated rings. The molecule has 0 spiro atoms. The van der Waals surface area contributed by atoms with Gasteiger partial charge in [-0.1, -0.05) is 62.4 Å². The van der Waals surface area contributed by atoms with E-state index in [4.69, 9.17) is 0 Å². The van der Waals surface area contributed by atoms with Gasteiger partial charge in [0.2, 0.25) is 0 Å². The Bertz CT molecular complexity index is 746. The highest BCUT2D eigenvalue weighted by atomic mass is 16.1. The maximum atomic E-state index is 13.3. The summed E-state index contributed by atoms with van der Waals surface area (Å²) in [6, 6.07) is 16.0. The summed E-state index contributed by atoms with van der Waals surface area (Å²) in [6.07, 6.45) is 5.67. The van der Waals surface area contributed by atoms with Gasteiger partial charge in [0.1, 0.15) is 0 Å². The number of hydrogen-bond acceptors (Lipinski definition) is 2. The molecule has 0 aliphatic heterocycles. The summed E-state index contributed by atoms with van der Waals surface area (Å²) in [6.45, 7) is 9.01. The number of benzene rings is 2. The Morgan fingerprint density at radius 3 is 2.35 bits per heavy atom. The molecule has 1 aliphatic rings. The molecule has 1 aliphatic carbocycles. The number of fused-ring (bicyclic) bond motifs is 1. The molecule has 2 heteroatoms. The van der Waals surface area contributed by atoms with Crippen molar-refractivity contribution in [2.45, 2.75) is 58.4 Å². The lowest BCUT2D eigenvalue weighted by Gasteiger charge is -2.46. The minimum Gasteiger partial charge on any atom is -0.294 e. The molecule has 0 saturated heterocycles. The smallest absolute Gasteiger partial charge is 0.193 e. The molecule has 0 saturated carbocycles. The lowest BCUT2D eigenvalue weighted by molar-refractivity contribution is 0.0808. The monoisotopic (exact) mass is 349 g/mol. The highest BCUT2D eigenvalue weighted by Crippen LogP contribution is 2.42. The van der Waals surface area contributed by atoms with Crippen LogP contribution in [0.15, 0.2) is 48.5 Å². The van der Waals surface area contributed by atoms with E-state index in [0.29, 0.717) is 0 Å². The van der Waals surface area contributed by atoms with Gasteiger partial charge in [-0.3, -0.25) is 9.69 Å². The third-order valence-corrected chi connectivity index (χ3v) is 5.76. The third kappa shape index (κ3) is 3.48. The van der Waals surface area contributed by atoms with Gasteiger partial charge in [0.15, 0.2) is 5.78 Å². The van der Waals surface area contributed by atoms with Crippen LogP contribution in [0.25, 0.3) is 0 Å². The Morgan fingerprint density at radius 1 is 1.00 bits per heavy atom. The van der Waals surface area contributed by atoms with E-state index in [2.05, 4.69) is 37.8 Å². The fourth-order valence-corrected chi connectivity index (χ4v) is 4.59. The fourth-order valence-electron chi connectivity index (χ4n) is 4.59. The van der Waals surface area contributed by atoms with Crippen LogP contribution in [-0.2, 0) is 12.0 Å². The van der Waals surface area contributed by atoms with Crippen molar-refractivity contribution in [2.75, 3.05) is 13.1 Å². The second kappa shape index (κ2) is 8.18. The number of rotatable bonds is 7. The highest BCUT2D eigenvalue weighted by Gasteiger charge is 2.39. The number of aryl methyl sites for hydroxylation is 1. The maximum absolute atomic E-state index is 13.3. The summed E-state index contributed by atoms with van der Waals surface area (Å²) in [5.74, 6) is 0.156. The molecule has 2 aromatic carbocycles. The third-order valence-electron chi connectivity index (χ3n) is 5.76. The van der Waals surface area contributed by atoms with Crippen molar-refractivity contribution >= 4 is 5.78 Å². The van der Waals surface area contributed by atoms with E-state index in [1.165, 1.54) is 17.5 Å². The Balaban J connectivity index is 2.12. The number of carbonyl (C=O) groups is 1. The molecule has 138 valence electrons.